The number of rotatable bonds is 12. The standard InChI is InChI=1S/C17H32N2O2/c1-5-11-17(21)19(13-7-3)15-10-9-14-18(12-6-2)16(20)8-4/h5H,1,6-15H2,2-4H3. The van der Waals surface area contributed by atoms with Gasteiger partial charge in [0.05, 0.1) is 0 Å². The lowest BCUT2D eigenvalue weighted by atomic mass is 10.2. The van der Waals surface area contributed by atoms with Crippen LogP contribution in [0.1, 0.15) is 59.3 Å². The summed E-state index contributed by atoms with van der Waals surface area (Å²) in [5, 5.41) is 0. The third-order valence-corrected chi connectivity index (χ3v) is 3.42. The predicted molar refractivity (Wildman–Crippen MR) is 88.1 cm³/mol. The first-order chi connectivity index (χ1) is 10.1. The molecule has 0 heterocycles. The van der Waals surface area contributed by atoms with Crippen molar-refractivity contribution in [3.8, 4) is 0 Å². The van der Waals surface area contributed by atoms with Crippen molar-refractivity contribution in [3.05, 3.63) is 12.7 Å². The first-order valence-corrected chi connectivity index (χ1v) is 8.27. The molecule has 0 bridgehead atoms. The summed E-state index contributed by atoms with van der Waals surface area (Å²) in [5.74, 6) is 0.381. The minimum atomic E-state index is 0.155. The number of amides is 2. The largest absolute Gasteiger partial charge is 0.343 e. The highest BCUT2D eigenvalue weighted by Crippen LogP contribution is 2.04. The average Bonchev–Trinajstić information content (AvgIpc) is 2.48. The second-order valence-electron chi connectivity index (χ2n) is 5.32. The molecule has 0 aliphatic rings. The van der Waals surface area contributed by atoms with E-state index < -0.39 is 0 Å². The van der Waals surface area contributed by atoms with Crippen LogP contribution >= 0.6 is 0 Å². The Bertz CT molecular complexity index is 316. The second kappa shape index (κ2) is 12.4. The molecule has 0 aromatic heterocycles. The molecule has 4 nitrogen and oxygen atoms in total. The SMILES string of the molecule is C=CCC(=O)N(CCC)CCCCN(CCC)C(=O)CC. The normalized spacial score (nSPS) is 10.2. The molecule has 0 atom stereocenters. The van der Waals surface area contributed by atoms with Gasteiger partial charge in [0.1, 0.15) is 0 Å². The van der Waals surface area contributed by atoms with E-state index in [0.717, 1.165) is 51.9 Å². The quantitative estimate of drug-likeness (QED) is 0.410. The van der Waals surface area contributed by atoms with Crippen LogP contribution in [0, 0.1) is 0 Å². The van der Waals surface area contributed by atoms with E-state index in [9.17, 15) is 9.59 Å². The zero-order valence-electron chi connectivity index (χ0n) is 14.1. The molecule has 0 aliphatic heterocycles. The molecule has 122 valence electrons. The van der Waals surface area contributed by atoms with Crippen LogP contribution in [0.4, 0.5) is 0 Å². The molecule has 2 amide bonds. The van der Waals surface area contributed by atoms with E-state index in [1.165, 1.54) is 0 Å². The molecule has 4 heteroatoms. The first-order valence-electron chi connectivity index (χ1n) is 8.27. The van der Waals surface area contributed by atoms with E-state index in [0.29, 0.717) is 12.8 Å². The van der Waals surface area contributed by atoms with Gasteiger partial charge in [0.15, 0.2) is 0 Å². The van der Waals surface area contributed by atoms with Crippen molar-refractivity contribution in [2.45, 2.75) is 59.3 Å². The van der Waals surface area contributed by atoms with Gasteiger partial charge in [0, 0.05) is 39.0 Å². The highest BCUT2D eigenvalue weighted by Gasteiger charge is 2.12. The van der Waals surface area contributed by atoms with E-state index in [1.54, 1.807) is 6.08 Å². The molecule has 0 spiro atoms. The van der Waals surface area contributed by atoms with E-state index in [2.05, 4.69) is 20.4 Å². The molecule has 0 fully saturated rings. The van der Waals surface area contributed by atoms with Gasteiger partial charge in [0.2, 0.25) is 11.8 Å². The summed E-state index contributed by atoms with van der Waals surface area (Å²) in [7, 11) is 0. The monoisotopic (exact) mass is 296 g/mol. The number of carbonyl (C=O) groups is 2. The van der Waals surface area contributed by atoms with Crippen molar-refractivity contribution in [2.75, 3.05) is 26.2 Å². The van der Waals surface area contributed by atoms with E-state index in [1.807, 2.05) is 16.7 Å². The molecular formula is C17H32N2O2. The molecule has 0 radical (unpaired) electrons. The fraction of sp³-hybridized carbons (Fsp3) is 0.765. The van der Waals surface area contributed by atoms with Crippen LogP contribution in [0.15, 0.2) is 12.7 Å². The van der Waals surface area contributed by atoms with E-state index in [-0.39, 0.29) is 11.8 Å². The smallest absolute Gasteiger partial charge is 0.226 e. The minimum Gasteiger partial charge on any atom is -0.343 e. The van der Waals surface area contributed by atoms with Crippen LogP contribution in [0.2, 0.25) is 0 Å². The fourth-order valence-electron chi connectivity index (χ4n) is 2.34. The third-order valence-electron chi connectivity index (χ3n) is 3.42. The maximum Gasteiger partial charge on any atom is 0.226 e. The van der Waals surface area contributed by atoms with Crippen molar-refractivity contribution in [3.63, 3.8) is 0 Å². The molecule has 21 heavy (non-hydrogen) atoms. The molecular weight excluding hydrogens is 264 g/mol. The fourth-order valence-corrected chi connectivity index (χ4v) is 2.34. The summed E-state index contributed by atoms with van der Waals surface area (Å²) in [6, 6.07) is 0. The van der Waals surface area contributed by atoms with Gasteiger partial charge in [-0.25, -0.2) is 0 Å². The van der Waals surface area contributed by atoms with Crippen molar-refractivity contribution in [1.29, 1.82) is 0 Å². The Hall–Kier alpha value is -1.32. The van der Waals surface area contributed by atoms with Gasteiger partial charge in [-0.1, -0.05) is 26.8 Å². The topological polar surface area (TPSA) is 40.6 Å². The molecule has 0 rings (SSSR count). The lowest BCUT2D eigenvalue weighted by Crippen LogP contribution is -2.34. The molecule has 0 aromatic rings. The number of hydrogen-bond acceptors (Lipinski definition) is 2. The Labute approximate surface area is 130 Å². The van der Waals surface area contributed by atoms with Crippen molar-refractivity contribution in [1.82, 2.24) is 9.80 Å². The molecule has 0 N–H and O–H groups in total. The van der Waals surface area contributed by atoms with Crippen LogP contribution < -0.4 is 0 Å². The zero-order chi connectivity index (χ0) is 16.1. The van der Waals surface area contributed by atoms with Gasteiger partial charge in [-0.05, 0) is 25.7 Å². The zero-order valence-corrected chi connectivity index (χ0v) is 14.1. The van der Waals surface area contributed by atoms with E-state index in [4.69, 9.17) is 0 Å². The molecule has 0 saturated carbocycles. The number of nitrogens with zero attached hydrogens (tertiary/aromatic N) is 2. The van der Waals surface area contributed by atoms with Crippen LogP contribution in [0.3, 0.4) is 0 Å². The number of unbranched alkanes of at least 4 members (excludes halogenated alkanes) is 1. The molecule has 0 saturated heterocycles. The maximum absolute atomic E-state index is 11.9. The predicted octanol–water partition coefficient (Wildman–Crippen LogP) is 3.23. The Balaban J connectivity index is 4.14. The Morgan fingerprint density at radius 2 is 1.33 bits per heavy atom. The summed E-state index contributed by atoms with van der Waals surface area (Å²) in [4.78, 5) is 27.5. The Kier molecular flexibility index (Phi) is 11.6. The van der Waals surface area contributed by atoms with Crippen molar-refractivity contribution >= 4 is 11.8 Å². The molecule has 0 unspecified atom stereocenters. The van der Waals surface area contributed by atoms with Crippen LogP contribution in [0.25, 0.3) is 0 Å². The summed E-state index contributed by atoms with van der Waals surface area (Å²) in [6.45, 7) is 12.9. The van der Waals surface area contributed by atoms with Gasteiger partial charge in [-0.15, -0.1) is 6.58 Å². The van der Waals surface area contributed by atoms with Gasteiger partial charge in [-0.2, -0.15) is 0 Å². The van der Waals surface area contributed by atoms with Crippen LogP contribution in [-0.4, -0.2) is 47.8 Å². The molecule has 0 aliphatic carbocycles. The van der Waals surface area contributed by atoms with Crippen LogP contribution in [0.5, 0.6) is 0 Å². The number of carbonyl (C=O) groups excluding carboxylic acids is 2. The van der Waals surface area contributed by atoms with Gasteiger partial charge >= 0.3 is 0 Å². The third kappa shape index (κ3) is 8.53. The lowest BCUT2D eigenvalue weighted by molar-refractivity contribution is -0.132. The summed E-state index contributed by atoms with van der Waals surface area (Å²) in [5.41, 5.74) is 0. The maximum atomic E-state index is 11.9. The molecule has 0 aromatic carbocycles. The highest BCUT2D eigenvalue weighted by atomic mass is 16.2. The second-order valence-corrected chi connectivity index (χ2v) is 5.32. The minimum absolute atomic E-state index is 0.155. The van der Waals surface area contributed by atoms with Crippen molar-refractivity contribution < 1.29 is 9.59 Å². The Morgan fingerprint density at radius 3 is 1.71 bits per heavy atom. The van der Waals surface area contributed by atoms with Gasteiger partial charge < -0.3 is 9.80 Å². The number of hydrogen-bond donors (Lipinski definition) is 0. The van der Waals surface area contributed by atoms with Gasteiger partial charge in [0.25, 0.3) is 0 Å². The first kappa shape index (κ1) is 19.7. The van der Waals surface area contributed by atoms with E-state index >= 15 is 0 Å². The summed E-state index contributed by atoms with van der Waals surface area (Å²) >= 11 is 0. The lowest BCUT2D eigenvalue weighted by Gasteiger charge is -2.24. The van der Waals surface area contributed by atoms with Crippen molar-refractivity contribution in [2.24, 2.45) is 0 Å². The average molecular weight is 296 g/mol. The summed E-state index contributed by atoms with van der Waals surface area (Å²) < 4.78 is 0. The van der Waals surface area contributed by atoms with Gasteiger partial charge in [-0.3, -0.25) is 9.59 Å². The highest BCUT2D eigenvalue weighted by molar-refractivity contribution is 5.77. The van der Waals surface area contributed by atoms with Crippen LogP contribution in [-0.2, 0) is 9.59 Å². The summed E-state index contributed by atoms with van der Waals surface area (Å²) in [6.07, 6.45) is 6.50. The Morgan fingerprint density at radius 1 is 0.857 bits per heavy atom.